The van der Waals surface area contributed by atoms with E-state index in [1.807, 2.05) is 6.07 Å². The van der Waals surface area contributed by atoms with Crippen LogP contribution in [0.3, 0.4) is 0 Å². The molecular weight excluding hydrogens is 607 g/mol. The molecule has 1 aromatic heterocycles. The molecule has 10 rings (SSSR count). The number of rotatable bonds is 5. The maximum atomic E-state index is 6.69. The van der Waals surface area contributed by atoms with E-state index in [0.29, 0.717) is 0 Å². The van der Waals surface area contributed by atoms with E-state index in [1.54, 1.807) is 0 Å². The Hall–Kier alpha value is -6.64. The van der Waals surface area contributed by atoms with Gasteiger partial charge in [0.25, 0.3) is 0 Å². The minimum atomic E-state index is 0.891. The van der Waals surface area contributed by atoms with Crippen molar-refractivity contribution < 1.29 is 4.42 Å². The molecule has 0 amide bonds. The van der Waals surface area contributed by atoms with Crippen molar-refractivity contribution in [3.05, 3.63) is 188 Å². The van der Waals surface area contributed by atoms with Crippen LogP contribution in [0, 0.1) is 0 Å². The Balaban J connectivity index is 1.16. The van der Waals surface area contributed by atoms with E-state index in [9.17, 15) is 0 Å². The van der Waals surface area contributed by atoms with Crippen LogP contribution >= 0.6 is 0 Å². The van der Waals surface area contributed by atoms with Crippen molar-refractivity contribution >= 4 is 71.3 Å². The van der Waals surface area contributed by atoms with E-state index < -0.39 is 0 Å². The number of benzene rings is 9. The van der Waals surface area contributed by atoms with Crippen LogP contribution in [0.1, 0.15) is 0 Å². The van der Waals surface area contributed by atoms with Gasteiger partial charge in [-0.25, -0.2) is 0 Å². The Morgan fingerprint density at radius 2 is 0.940 bits per heavy atom. The molecule has 0 saturated carbocycles. The van der Waals surface area contributed by atoms with Gasteiger partial charge >= 0.3 is 0 Å². The first-order valence-electron chi connectivity index (χ1n) is 17.1. The van der Waals surface area contributed by atoms with Crippen LogP contribution in [0.4, 0.5) is 17.1 Å². The Bertz CT molecular complexity index is 2850. The van der Waals surface area contributed by atoms with Crippen LogP contribution in [0.2, 0.25) is 0 Å². The van der Waals surface area contributed by atoms with Crippen LogP contribution in [0.25, 0.3) is 76.5 Å². The van der Waals surface area contributed by atoms with Crippen LogP contribution in [-0.4, -0.2) is 0 Å². The summed E-state index contributed by atoms with van der Waals surface area (Å²) in [6.45, 7) is 0. The number of nitrogens with zero attached hydrogens (tertiary/aromatic N) is 1. The summed E-state index contributed by atoms with van der Waals surface area (Å²) >= 11 is 0. The molecule has 10 aromatic rings. The number of fused-ring (bicyclic) bond motifs is 8. The average Bonchev–Trinajstić information content (AvgIpc) is 3.57. The third-order valence-electron chi connectivity index (χ3n) is 10.0. The first kappa shape index (κ1) is 28.4. The molecule has 0 saturated heterocycles. The van der Waals surface area contributed by atoms with Crippen molar-refractivity contribution in [3.63, 3.8) is 0 Å². The monoisotopic (exact) mass is 637 g/mol. The lowest BCUT2D eigenvalue weighted by Gasteiger charge is -2.27. The minimum absolute atomic E-state index is 0.891. The first-order chi connectivity index (χ1) is 24.8. The van der Waals surface area contributed by atoms with Crippen LogP contribution in [0.5, 0.6) is 0 Å². The fraction of sp³-hybridized carbons (Fsp3) is 0. The number of hydrogen-bond acceptors (Lipinski definition) is 2. The zero-order valence-corrected chi connectivity index (χ0v) is 27.3. The molecule has 0 aliphatic carbocycles. The Morgan fingerprint density at radius 3 is 1.72 bits per heavy atom. The van der Waals surface area contributed by atoms with Crippen LogP contribution in [-0.2, 0) is 0 Å². The van der Waals surface area contributed by atoms with Gasteiger partial charge in [-0.15, -0.1) is 0 Å². The number of furan rings is 1. The molecule has 0 aliphatic heterocycles. The second kappa shape index (κ2) is 11.5. The largest absolute Gasteiger partial charge is 0.455 e. The molecule has 0 bridgehead atoms. The zero-order valence-electron chi connectivity index (χ0n) is 27.3. The molecule has 50 heavy (non-hydrogen) atoms. The number of para-hydroxylation sites is 1. The highest BCUT2D eigenvalue weighted by atomic mass is 16.3. The maximum Gasteiger partial charge on any atom is 0.143 e. The zero-order chi connectivity index (χ0) is 33.0. The molecule has 0 radical (unpaired) electrons. The summed E-state index contributed by atoms with van der Waals surface area (Å²) < 4.78 is 6.69. The molecule has 0 N–H and O–H groups in total. The molecule has 9 aromatic carbocycles. The van der Waals surface area contributed by atoms with Gasteiger partial charge in [0.15, 0.2) is 0 Å². The first-order valence-corrected chi connectivity index (χ1v) is 17.1. The Labute approximate surface area is 290 Å². The molecule has 2 nitrogen and oxygen atoms in total. The van der Waals surface area contributed by atoms with Gasteiger partial charge in [-0.2, -0.15) is 0 Å². The molecule has 0 aliphatic rings. The second-order valence-corrected chi connectivity index (χ2v) is 12.9. The van der Waals surface area contributed by atoms with Crippen molar-refractivity contribution in [3.8, 4) is 22.3 Å². The van der Waals surface area contributed by atoms with E-state index in [2.05, 4.69) is 187 Å². The van der Waals surface area contributed by atoms with Gasteiger partial charge in [0.1, 0.15) is 11.2 Å². The van der Waals surface area contributed by atoms with Gasteiger partial charge in [0.05, 0.1) is 5.69 Å². The molecule has 0 spiro atoms. The summed E-state index contributed by atoms with van der Waals surface area (Å²) in [6, 6.07) is 67.4. The van der Waals surface area contributed by atoms with E-state index in [1.165, 1.54) is 38.2 Å². The van der Waals surface area contributed by atoms with Gasteiger partial charge in [-0.3, -0.25) is 0 Å². The molecule has 0 atom stereocenters. The Morgan fingerprint density at radius 1 is 0.340 bits per heavy atom. The van der Waals surface area contributed by atoms with Crippen molar-refractivity contribution in [2.75, 3.05) is 4.90 Å². The van der Waals surface area contributed by atoms with Crippen molar-refractivity contribution in [1.82, 2.24) is 0 Å². The highest BCUT2D eigenvalue weighted by Gasteiger charge is 2.21. The average molecular weight is 638 g/mol. The molecule has 0 unspecified atom stereocenters. The predicted octanol–water partition coefficient (Wildman–Crippen LogP) is 13.8. The van der Waals surface area contributed by atoms with Gasteiger partial charge in [-0.1, -0.05) is 140 Å². The summed E-state index contributed by atoms with van der Waals surface area (Å²) in [4.78, 5) is 2.38. The third kappa shape index (κ3) is 4.57. The van der Waals surface area contributed by atoms with Crippen molar-refractivity contribution in [1.29, 1.82) is 0 Å². The van der Waals surface area contributed by atoms with E-state index in [-0.39, 0.29) is 0 Å². The lowest BCUT2D eigenvalue weighted by Crippen LogP contribution is -2.10. The standard InChI is InChI=1S/C48H31NO/c1-3-13-32(14-4-1)34-25-28-42-45-31-46(41-21-11-12-22-43(41)48(45)50-47(42)30-34)49(36-16-5-2-6-17-36)37-26-23-33(24-27-37)44-29-35-15-7-8-18-38(35)39-19-9-10-20-40(39)44/h1-31H. The number of hydrogen-bond donors (Lipinski definition) is 0. The summed E-state index contributed by atoms with van der Waals surface area (Å²) in [7, 11) is 0. The van der Waals surface area contributed by atoms with Crippen LogP contribution in [0.15, 0.2) is 192 Å². The van der Waals surface area contributed by atoms with Gasteiger partial charge in [0, 0.05) is 32.9 Å². The summed E-state index contributed by atoms with van der Waals surface area (Å²) in [6.07, 6.45) is 0. The smallest absolute Gasteiger partial charge is 0.143 e. The van der Waals surface area contributed by atoms with Crippen molar-refractivity contribution in [2.24, 2.45) is 0 Å². The summed E-state index contributed by atoms with van der Waals surface area (Å²) in [5.74, 6) is 0. The lowest BCUT2D eigenvalue weighted by molar-refractivity contribution is 0.673. The summed E-state index contributed by atoms with van der Waals surface area (Å²) in [5, 5.41) is 9.51. The highest BCUT2D eigenvalue weighted by molar-refractivity contribution is 6.20. The minimum Gasteiger partial charge on any atom is -0.455 e. The van der Waals surface area contributed by atoms with Gasteiger partial charge in [-0.05, 0) is 92.3 Å². The normalized spacial score (nSPS) is 11.6. The molecular formula is C48H31NO. The summed E-state index contributed by atoms with van der Waals surface area (Å²) in [5.41, 5.74) is 9.86. The quantitative estimate of drug-likeness (QED) is 0.175. The fourth-order valence-corrected chi connectivity index (χ4v) is 7.66. The fourth-order valence-electron chi connectivity index (χ4n) is 7.66. The van der Waals surface area contributed by atoms with E-state index in [4.69, 9.17) is 4.42 Å². The van der Waals surface area contributed by atoms with E-state index >= 15 is 0 Å². The maximum absolute atomic E-state index is 6.69. The second-order valence-electron chi connectivity index (χ2n) is 12.9. The van der Waals surface area contributed by atoms with Gasteiger partial charge < -0.3 is 9.32 Å². The van der Waals surface area contributed by atoms with Crippen LogP contribution < -0.4 is 4.90 Å². The Kier molecular flexibility index (Phi) is 6.53. The highest BCUT2D eigenvalue weighted by Crippen LogP contribution is 2.45. The third-order valence-corrected chi connectivity index (χ3v) is 10.0. The predicted molar refractivity (Wildman–Crippen MR) is 212 cm³/mol. The molecule has 0 fully saturated rings. The van der Waals surface area contributed by atoms with E-state index in [0.717, 1.165) is 55.3 Å². The topological polar surface area (TPSA) is 16.4 Å². The van der Waals surface area contributed by atoms with Gasteiger partial charge in [0.2, 0.25) is 0 Å². The SMILES string of the molecule is c1ccc(-c2ccc3c(c2)oc2c4ccccc4c(N(c4ccccc4)c4ccc(-c5cc6ccccc6c6ccccc56)cc4)cc32)cc1. The molecule has 1 heterocycles. The molecule has 234 valence electrons. The van der Waals surface area contributed by atoms with Crippen molar-refractivity contribution in [2.45, 2.75) is 0 Å². The molecule has 2 heteroatoms. The number of anilines is 3. The lowest BCUT2D eigenvalue weighted by atomic mass is 9.93.